The predicted molar refractivity (Wildman–Crippen MR) is 79.2 cm³/mol. The number of hydrogen-bond acceptors (Lipinski definition) is 3. The Hall–Kier alpha value is -1.06. The lowest BCUT2D eigenvalue weighted by Gasteiger charge is -2.36. The predicted octanol–water partition coefficient (Wildman–Crippen LogP) is 3.43. The molecular formula is C16H20ClNO2. The molecule has 2 aliphatic heterocycles. The Morgan fingerprint density at radius 1 is 1.25 bits per heavy atom. The van der Waals surface area contributed by atoms with Crippen molar-refractivity contribution in [2.75, 3.05) is 7.05 Å². The molecule has 0 N–H and O–H groups in total. The van der Waals surface area contributed by atoms with E-state index < -0.39 is 0 Å². The van der Waals surface area contributed by atoms with Crippen molar-refractivity contribution >= 4 is 17.6 Å². The fraction of sp³-hybridized carbons (Fsp3) is 0.562. The van der Waals surface area contributed by atoms with Crippen LogP contribution in [-0.4, -0.2) is 36.1 Å². The van der Waals surface area contributed by atoms with Crippen molar-refractivity contribution in [1.82, 2.24) is 4.90 Å². The molecule has 2 fully saturated rings. The number of nitrogens with zero attached hydrogens (tertiary/aromatic N) is 1. The molecule has 0 aromatic heterocycles. The highest BCUT2D eigenvalue weighted by Gasteiger charge is 2.41. The molecule has 3 atom stereocenters. The smallest absolute Gasteiger partial charge is 0.338 e. The summed E-state index contributed by atoms with van der Waals surface area (Å²) in [7, 11) is 2.14. The number of carbonyl (C=O) groups excluding carboxylic acids is 1. The van der Waals surface area contributed by atoms with Crippen LogP contribution in [0.5, 0.6) is 0 Å². The van der Waals surface area contributed by atoms with Crippen LogP contribution >= 0.6 is 11.6 Å². The first-order chi connectivity index (χ1) is 9.54. The molecule has 0 aliphatic carbocycles. The van der Waals surface area contributed by atoms with Crippen molar-refractivity contribution in [3.05, 3.63) is 34.3 Å². The van der Waals surface area contributed by atoms with Crippen LogP contribution < -0.4 is 0 Å². The number of carbonyl (C=O) groups is 1. The van der Waals surface area contributed by atoms with Crippen LogP contribution in [0, 0.1) is 6.92 Å². The van der Waals surface area contributed by atoms with Crippen molar-refractivity contribution in [2.24, 2.45) is 0 Å². The Kier molecular flexibility index (Phi) is 3.74. The zero-order valence-electron chi connectivity index (χ0n) is 11.9. The van der Waals surface area contributed by atoms with Crippen LogP contribution in [0.1, 0.15) is 41.6 Å². The molecule has 1 aromatic carbocycles. The van der Waals surface area contributed by atoms with Gasteiger partial charge in [0.2, 0.25) is 0 Å². The fourth-order valence-electron chi connectivity index (χ4n) is 3.58. The first-order valence-electron chi connectivity index (χ1n) is 7.24. The average molecular weight is 294 g/mol. The van der Waals surface area contributed by atoms with Gasteiger partial charge in [-0.3, -0.25) is 4.90 Å². The van der Waals surface area contributed by atoms with Gasteiger partial charge in [0, 0.05) is 17.1 Å². The van der Waals surface area contributed by atoms with E-state index >= 15 is 0 Å². The average Bonchev–Trinajstić information content (AvgIpc) is 2.62. The third-order valence-corrected chi connectivity index (χ3v) is 4.86. The molecule has 2 heterocycles. The maximum atomic E-state index is 12.3. The number of fused-ring (bicyclic) bond motifs is 2. The van der Waals surface area contributed by atoms with Gasteiger partial charge in [0.05, 0.1) is 5.56 Å². The van der Waals surface area contributed by atoms with Crippen LogP contribution in [0.25, 0.3) is 0 Å². The first kappa shape index (κ1) is 13.9. The summed E-state index contributed by atoms with van der Waals surface area (Å²) in [5, 5.41) is 0.582. The first-order valence-corrected chi connectivity index (χ1v) is 7.62. The standard InChI is InChI=1S/C16H20ClNO2/c1-10-7-11(9-12(17)8-10)16(19)20-15-6-4-13-3-5-14(15)18(13)2/h7-9,13-15H,3-6H2,1-2H3. The number of likely N-dealkylation sites (N-methyl/N-ethyl adjacent to an activating group) is 1. The Morgan fingerprint density at radius 2 is 2.00 bits per heavy atom. The normalized spacial score (nSPS) is 29.4. The van der Waals surface area contributed by atoms with Gasteiger partial charge in [-0.25, -0.2) is 4.79 Å². The molecule has 2 aliphatic rings. The van der Waals surface area contributed by atoms with E-state index in [1.165, 1.54) is 6.42 Å². The third-order valence-electron chi connectivity index (χ3n) is 4.64. The van der Waals surface area contributed by atoms with Gasteiger partial charge in [0.15, 0.2) is 0 Å². The summed E-state index contributed by atoms with van der Waals surface area (Å²) >= 11 is 6.01. The summed E-state index contributed by atoms with van der Waals surface area (Å²) in [6.07, 6.45) is 4.48. The van der Waals surface area contributed by atoms with Gasteiger partial charge in [-0.2, -0.15) is 0 Å². The minimum absolute atomic E-state index is 0.0190. The maximum Gasteiger partial charge on any atom is 0.338 e. The minimum atomic E-state index is -0.251. The second kappa shape index (κ2) is 5.38. The monoisotopic (exact) mass is 293 g/mol. The summed E-state index contributed by atoms with van der Waals surface area (Å²) < 4.78 is 5.75. The molecule has 2 bridgehead atoms. The number of esters is 1. The van der Waals surface area contributed by atoms with Crippen LogP contribution in [-0.2, 0) is 4.74 Å². The van der Waals surface area contributed by atoms with E-state index in [9.17, 15) is 4.79 Å². The van der Waals surface area contributed by atoms with E-state index in [2.05, 4.69) is 11.9 Å². The molecule has 2 saturated heterocycles. The molecule has 4 heteroatoms. The summed E-state index contributed by atoms with van der Waals surface area (Å²) in [4.78, 5) is 14.7. The maximum absolute atomic E-state index is 12.3. The van der Waals surface area contributed by atoms with Crippen LogP contribution in [0.15, 0.2) is 18.2 Å². The molecule has 3 nitrogen and oxygen atoms in total. The van der Waals surface area contributed by atoms with E-state index in [1.807, 2.05) is 19.1 Å². The van der Waals surface area contributed by atoms with Crippen molar-refractivity contribution in [1.29, 1.82) is 0 Å². The van der Waals surface area contributed by atoms with Gasteiger partial charge in [0.25, 0.3) is 0 Å². The van der Waals surface area contributed by atoms with E-state index in [4.69, 9.17) is 16.3 Å². The van der Waals surface area contributed by atoms with Crippen molar-refractivity contribution in [3.8, 4) is 0 Å². The number of halogens is 1. The Bertz CT molecular complexity index is 511. The zero-order chi connectivity index (χ0) is 14.3. The van der Waals surface area contributed by atoms with Crippen molar-refractivity contribution in [3.63, 3.8) is 0 Å². The molecule has 108 valence electrons. The number of ether oxygens (including phenoxy) is 1. The largest absolute Gasteiger partial charge is 0.457 e. The molecule has 0 radical (unpaired) electrons. The molecule has 0 amide bonds. The van der Waals surface area contributed by atoms with E-state index in [1.54, 1.807) is 6.07 Å². The Morgan fingerprint density at radius 3 is 2.75 bits per heavy atom. The van der Waals surface area contributed by atoms with Crippen molar-refractivity contribution in [2.45, 2.75) is 50.8 Å². The molecule has 1 aromatic rings. The molecule has 20 heavy (non-hydrogen) atoms. The summed E-state index contributed by atoms with van der Waals surface area (Å²) in [5.41, 5.74) is 1.53. The van der Waals surface area contributed by atoms with E-state index in [-0.39, 0.29) is 12.1 Å². The van der Waals surface area contributed by atoms with Crippen LogP contribution in [0.4, 0.5) is 0 Å². The Labute approximate surface area is 124 Å². The van der Waals surface area contributed by atoms with Crippen LogP contribution in [0.3, 0.4) is 0 Å². The number of hydrogen-bond donors (Lipinski definition) is 0. The lowest BCUT2D eigenvalue weighted by molar-refractivity contribution is -0.0129. The Balaban J connectivity index is 1.72. The molecule has 0 spiro atoms. The van der Waals surface area contributed by atoms with Crippen molar-refractivity contribution < 1.29 is 9.53 Å². The SMILES string of the molecule is Cc1cc(Cl)cc(C(=O)OC2CCC3CCC2N3C)c1. The van der Waals surface area contributed by atoms with E-state index in [0.717, 1.165) is 24.8 Å². The number of benzene rings is 1. The molecular weight excluding hydrogens is 274 g/mol. The minimum Gasteiger partial charge on any atom is -0.457 e. The molecule has 0 saturated carbocycles. The lowest BCUT2D eigenvalue weighted by Crippen LogP contribution is -2.46. The topological polar surface area (TPSA) is 29.5 Å². The lowest BCUT2D eigenvalue weighted by atomic mass is 10.0. The van der Waals surface area contributed by atoms with Crippen LogP contribution in [0.2, 0.25) is 5.02 Å². The second-order valence-electron chi connectivity index (χ2n) is 6.00. The number of piperidine rings is 1. The van der Waals surface area contributed by atoms with Gasteiger partial charge in [-0.15, -0.1) is 0 Å². The number of rotatable bonds is 2. The van der Waals surface area contributed by atoms with Gasteiger partial charge < -0.3 is 4.74 Å². The quantitative estimate of drug-likeness (QED) is 0.783. The summed E-state index contributed by atoms with van der Waals surface area (Å²) in [6, 6.07) is 6.43. The number of aryl methyl sites for hydroxylation is 1. The van der Waals surface area contributed by atoms with Gasteiger partial charge in [-0.05, 0) is 63.4 Å². The molecule has 3 rings (SSSR count). The van der Waals surface area contributed by atoms with Gasteiger partial charge in [0.1, 0.15) is 6.10 Å². The fourth-order valence-corrected chi connectivity index (χ4v) is 3.87. The third kappa shape index (κ3) is 2.57. The zero-order valence-corrected chi connectivity index (χ0v) is 12.7. The molecule has 3 unspecified atom stereocenters. The highest BCUT2D eigenvalue weighted by molar-refractivity contribution is 6.31. The summed E-state index contributed by atoms with van der Waals surface area (Å²) in [6.45, 7) is 1.93. The summed E-state index contributed by atoms with van der Waals surface area (Å²) in [5.74, 6) is -0.251. The second-order valence-corrected chi connectivity index (χ2v) is 6.44. The van der Waals surface area contributed by atoms with E-state index in [0.29, 0.717) is 22.7 Å². The van der Waals surface area contributed by atoms with Gasteiger partial charge in [-0.1, -0.05) is 11.6 Å². The highest BCUT2D eigenvalue weighted by atomic mass is 35.5. The van der Waals surface area contributed by atoms with Gasteiger partial charge >= 0.3 is 5.97 Å². The highest BCUT2D eigenvalue weighted by Crippen LogP contribution is 2.36.